The summed E-state index contributed by atoms with van der Waals surface area (Å²) >= 11 is 0. The number of aryl methyl sites for hydroxylation is 2. The number of nitrogens with zero attached hydrogens (tertiary/aromatic N) is 3. The molecule has 192 valence electrons. The Labute approximate surface area is 215 Å². The van der Waals surface area contributed by atoms with Crippen molar-refractivity contribution in [2.24, 2.45) is 0 Å². The first-order valence-corrected chi connectivity index (χ1v) is 11.6. The lowest BCUT2D eigenvalue weighted by molar-refractivity contribution is 0.195. The van der Waals surface area contributed by atoms with Gasteiger partial charge in [-0.25, -0.2) is 13.6 Å². The summed E-state index contributed by atoms with van der Waals surface area (Å²) in [4.78, 5) is 20.9. The number of hydrogen-bond donors (Lipinski definition) is 2. The molecule has 0 fully saturated rings. The molecule has 0 saturated heterocycles. The molecule has 0 aliphatic carbocycles. The highest BCUT2D eigenvalue weighted by molar-refractivity contribution is 5.88. The SMILES string of the molecule is Cc1ncccc1-c1ccc(N(C(=O)O)C(C)(C)C)cc1F.Cc1ncccc1-c1ccc(N)cc1F. The Morgan fingerprint density at radius 3 is 1.70 bits per heavy atom. The first-order valence-electron chi connectivity index (χ1n) is 11.6. The fourth-order valence-corrected chi connectivity index (χ4v) is 3.93. The van der Waals surface area contributed by atoms with Crippen LogP contribution in [-0.4, -0.2) is 26.7 Å². The number of rotatable bonds is 3. The van der Waals surface area contributed by atoms with E-state index in [9.17, 15) is 18.7 Å². The molecule has 0 spiro atoms. The molecular weight excluding hydrogens is 474 g/mol. The Balaban J connectivity index is 0.000000220. The van der Waals surface area contributed by atoms with Gasteiger partial charge in [0, 0.05) is 57.3 Å². The maximum atomic E-state index is 14.5. The highest BCUT2D eigenvalue weighted by atomic mass is 19.1. The van der Waals surface area contributed by atoms with E-state index < -0.39 is 17.4 Å². The number of nitrogens with two attached hydrogens (primary N) is 1. The Morgan fingerprint density at radius 1 is 0.811 bits per heavy atom. The third kappa shape index (κ3) is 6.46. The Hall–Kier alpha value is -4.33. The maximum absolute atomic E-state index is 14.5. The fourth-order valence-electron chi connectivity index (χ4n) is 3.93. The molecule has 2 aromatic heterocycles. The van der Waals surface area contributed by atoms with Gasteiger partial charge in [-0.05, 0) is 83.1 Å². The van der Waals surface area contributed by atoms with Crippen LogP contribution >= 0.6 is 0 Å². The molecule has 4 aromatic rings. The summed E-state index contributed by atoms with van der Waals surface area (Å²) in [5.74, 6) is -0.782. The number of pyridine rings is 2. The molecule has 0 bridgehead atoms. The van der Waals surface area contributed by atoms with E-state index in [1.807, 2.05) is 13.0 Å². The van der Waals surface area contributed by atoms with Gasteiger partial charge in [0.1, 0.15) is 11.6 Å². The molecule has 0 aliphatic rings. The topological polar surface area (TPSA) is 92.3 Å². The summed E-state index contributed by atoms with van der Waals surface area (Å²) < 4.78 is 28.1. The molecule has 2 aromatic carbocycles. The third-order valence-electron chi connectivity index (χ3n) is 5.66. The van der Waals surface area contributed by atoms with E-state index in [0.29, 0.717) is 28.1 Å². The number of halogens is 2. The third-order valence-corrected chi connectivity index (χ3v) is 5.66. The van der Waals surface area contributed by atoms with Crippen LogP contribution in [0.2, 0.25) is 0 Å². The molecule has 8 heteroatoms. The molecule has 0 atom stereocenters. The molecule has 2 heterocycles. The van der Waals surface area contributed by atoms with Crippen molar-refractivity contribution >= 4 is 17.5 Å². The summed E-state index contributed by atoms with van der Waals surface area (Å²) in [5.41, 5.74) is 9.54. The van der Waals surface area contributed by atoms with Crippen LogP contribution in [0.1, 0.15) is 32.2 Å². The molecule has 0 aliphatic heterocycles. The average molecular weight is 505 g/mol. The number of hydrogen-bond acceptors (Lipinski definition) is 4. The van der Waals surface area contributed by atoms with E-state index in [1.54, 1.807) is 82.6 Å². The largest absolute Gasteiger partial charge is 0.465 e. The zero-order chi connectivity index (χ0) is 27.3. The van der Waals surface area contributed by atoms with E-state index in [2.05, 4.69) is 9.97 Å². The van der Waals surface area contributed by atoms with E-state index in [1.165, 1.54) is 12.1 Å². The number of carboxylic acid groups (broad SMARTS) is 1. The monoisotopic (exact) mass is 504 g/mol. The minimum atomic E-state index is -1.11. The second-order valence-corrected chi connectivity index (χ2v) is 9.46. The normalized spacial score (nSPS) is 10.9. The van der Waals surface area contributed by atoms with Crippen LogP contribution in [-0.2, 0) is 0 Å². The first kappa shape index (κ1) is 27.3. The molecule has 6 nitrogen and oxygen atoms in total. The van der Waals surface area contributed by atoms with Crippen LogP contribution in [0.4, 0.5) is 25.0 Å². The first-order chi connectivity index (χ1) is 17.4. The van der Waals surface area contributed by atoms with Crippen molar-refractivity contribution in [3.05, 3.63) is 96.1 Å². The van der Waals surface area contributed by atoms with Gasteiger partial charge in [-0.2, -0.15) is 0 Å². The minimum absolute atomic E-state index is 0.308. The lowest BCUT2D eigenvalue weighted by Crippen LogP contribution is -2.45. The van der Waals surface area contributed by atoms with Crippen LogP contribution in [0.5, 0.6) is 0 Å². The van der Waals surface area contributed by atoms with Crippen molar-refractivity contribution in [3.63, 3.8) is 0 Å². The fraction of sp³-hybridized carbons (Fsp3) is 0.207. The molecule has 1 amide bonds. The van der Waals surface area contributed by atoms with Crippen molar-refractivity contribution in [1.82, 2.24) is 9.97 Å². The molecule has 3 N–H and O–H groups in total. The number of benzene rings is 2. The second-order valence-electron chi connectivity index (χ2n) is 9.46. The van der Waals surface area contributed by atoms with Crippen LogP contribution < -0.4 is 10.6 Å². The summed E-state index contributed by atoms with van der Waals surface area (Å²) in [6.45, 7) is 8.95. The lowest BCUT2D eigenvalue weighted by atomic mass is 10.0. The van der Waals surface area contributed by atoms with Gasteiger partial charge in [0.25, 0.3) is 0 Å². The van der Waals surface area contributed by atoms with E-state index in [4.69, 9.17) is 5.73 Å². The van der Waals surface area contributed by atoms with Gasteiger partial charge >= 0.3 is 6.09 Å². The van der Waals surface area contributed by atoms with Crippen molar-refractivity contribution in [2.45, 2.75) is 40.2 Å². The van der Waals surface area contributed by atoms with Gasteiger partial charge in [0.2, 0.25) is 0 Å². The summed E-state index contributed by atoms with van der Waals surface area (Å²) in [7, 11) is 0. The molecule has 37 heavy (non-hydrogen) atoms. The minimum Gasteiger partial charge on any atom is -0.465 e. The van der Waals surface area contributed by atoms with E-state index >= 15 is 0 Å². The van der Waals surface area contributed by atoms with Gasteiger partial charge in [0.15, 0.2) is 0 Å². The molecule has 0 saturated carbocycles. The van der Waals surface area contributed by atoms with Crippen molar-refractivity contribution < 1.29 is 18.7 Å². The van der Waals surface area contributed by atoms with Gasteiger partial charge < -0.3 is 10.8 Å². The number of amides is 1. The predicted molar refractivity (Wildman–Crippen MR) is 143 cm³/mol. The van der Waals surface area contributed by atoms with Crippen LogP contribution in [0, 0.1) is 25.5 Å². The van der Waals surface area contributed by atoms with E-state index in [-0.39, 0.29) is 5.82 Å². The molecular formula is C29H30F2N4O2. The smallest absolute Gasteiger partial charge is 0.412 e. The predicted octanol–water partition coefficient (Wildman–Crippen LogP) is 7.26. The number of nitrogen functional groups attached to an aromatic ring is 1. The quantitative estimate of drug-likeness (QED) is 0.287. The lowest BCUT2D eigenvalue weighted by Gasteiger charge is -2.33. The van der Waals surface area contributed by atoms with E-state index in [0.717, 1.165) is 21.9 Å². The summed E-state index contributed by atoms with van der Waals surface area (Å²) in [5, 5.41) is 9.38. The highest BCUT2D eigenvalue weighted by Crippen LogP contribution is 2.31. The number of aromatic nitrogens is 2. The van der Waals surface area contributed by atoms with Gasteiger partial charge in [0.05, 0.1) is 5.69 Å². The Kier molecular flexibility index (Phi) is 8.22. The zero-order valence-corrected chi connectivity index (χ0v) is 21.5. The number of anilines is 2. The standard InChI is InChI=1S/C17H19FN2O2.C12H11FN2/c1-11-13(6-5-9-19-11)14-8-7-12(10-15(14)18)20(16(21)22)17(2,3)4;1-8-10(3-2-6-15-8)11-5-4-9(14)7-12(11)13/h5-10H,1-4H3,(H,21,22);2-7H,14H2,1H3. The van der Waals surface area contributed by atoms with Gasteiger partial charge in [-0.15, -0.1) is 0 Å². The van der Waals surface area contributed by atoms with Crippen molar-refractivity contribution in [2.75, 3.05) is 10.6 Å². The molecule has 4 rings (SSSR count). The Morgan fingerprint density at radius 2 is 1.30 bits per heavy atom. The van der Waals surface area contributed by atoms with Crippen LogP contribution in [0.15, 0.2) is 73.1 Å². The molecule has 0 unspecified atom stereocenters. The number of carbonyl (C=O) groups is 1. The highest BCUT2D eigenvalue weighted by Gasteiger charge is 2.28. The van der Waals surface area contributed by atoms with Crippen LogP contribution in [0.25, 0.3) is 22.3 Å². The Bertz CT molecular complexity index is 1420. The maximum Gasteiger partial charge on any atom is 0.412 e. The zero-order valence-electron chi connectivity index (χ0n) is 21.5. The van der Waals surface area contributed by atoms with Crippen molar-refractivity contribution in [3.8, 4) is 22.3 Å². The van der Waals surface area contributed by atoms with Crippen LogP contribution in [0.3, 0.4) is 0 Å². The molecule has 0 radical (unpaired) electrons. The van der Waals surface area contributed by atoms with Gasteiger partial charge in [-0.1, -0.05) is 12.1 Å². The van der Waals surface area contributed by atoms with Gasteiger partial charge in [-0.3, -0.25) is 14.9 Å². The summed E-state index contributed by atoms with van der Waals surface area (Å²) in [6.07, 6.45) is 2.22. The van der Waals surface area contributed by atoms with Crippen molar-refractivity contribution in [1.29, 1.82) is 0 Å². The second kappa shape index (κ2) is 11.2. The summed E-state index contributed by atoms with van der Waals surface area (Å²) in [6, 6.07) is 16.3. The average Bonchev–Trinajstić information content (AvgIpc) is 2.80.